The second-order valence-electron chi connectivity index (χ2n) is 7.26. The number of carbonyl (C=O) groups excluding carboxylic acids is 2. The number of aryl methyl sites for hydroxylation is 3. The second kappa shape index (κ2) is 9.04. The maximum atomic E-state index is 12.4. The van der Waals surface area contributed by atoms with E-state index in [1.807, 2.05) is 57.2 Å². The van der Waals surface area contributed by atoms with E-state index in [9.17, 15) is 9.59 Å². The Hall–Kier alpha value is -3.26. The van der Waals surface area contributed by atoms with Crippen LogP contribution in [0.1, 0.15) is 32.9 Å². The Labute approximate surface area is 180 Å². The van der Waals surface area contributed by atoms with Gasteiger partial charge in [-0.05, 0) is 67.9 Å². The van der Waals surface area contributed by atoms with E-state index in [0.29, 0.717) is 16.2 Å². The smallest absolute Gasteiger partial charge is 0.251 e. The molecule has 0 fully saturated rings. The molecule has 30 heavy (non-hydrogen) atoms. The summed E-state index contributed by atoms with van der Waals surface area (Å²) in [6.45, 7) is 6.11. The van der Waals surface area contributed by atoms with E-state index >= 15 is 0 Å². The highest BCUT2D eigenvalue weighted by Gasteiger charge is 2.14. The summed E-state index contributed by atoms with van der Waals surface area (Å²) in [6.07, 6.45) is 0. The molecule has 7 nitrogen and oxygen atoms in total. The minimum absolute atomic E-state index is 0.00859. The largest absolute Gasteiger partial charge is 0.345 e. The number of hydrogen-bond donors (Lipinski definition) is 2. The number of hydrogen-bond acceptors (Lipinski definition) is 4. The van der Waals surface area contributed by atoms with Crippen LogP contribution in [0.15, 0.2) is 42.5 Å². The molecule has 3 rings (SSSR count). The fourth-order valence-electron chi connectivity index (χ4n) is 3.03. The summed E-state index contributed by atoms with van der Waals surface area (Å²) in [5.74, 6) is 0.171. The molecule has 156 valence electrons. The van der Waals surface area contributed by atoms with Gasteiger partial charge in [0, 0.05) is 18.3 Å². The highest BCUT2D eigenvalue weighted by Crippen LogP contribution is 2.14. The van der Waals surface area contributed by atoms with Crippen molar-refractivity contribution >= 4 is 29.7 Å². The number of benzene rings is 2. The van der Waals surface area contributed by atoms with Gasteiger partial charge >= 0.3 is 0 Å². The van der Waals surface area contributed by atoms with Gasteiger partial charge in [-0.15, -0.1) is 0 Å². The zero-order valence-corrected chi connectivity index (χ0v) is 18.3. The number of nitrogens with zero attached hydrogens (tertiary/aromatic N) is 3. The van der Waals surface area contributed by atoms with Gasteiger partial charge in [-0.25, -0.2) is 4.68 Å². The van der Waals surface area contributed by atoms with Crippen molar-refractivity contribution < 1.29 is 9.59 Å². The molecule has 0 aliphatic rings. The Kier molecular flexibility index (Phi) is 6.47. The van der Waals surface area contributed by atoms with Crippen LogP contribution in [-0.4, -0.2) is 26.2 Å². The average Bonchev–Trinajstić information content (AvgIpc) is 2.97. The van der Waals surface area contributed by atoms with Crippen LogP contribution >= 0.6 is 12.2 Å². The van der Waals surface area contributed by atoms with E-state index in [-0.39, 0.29) is 24.9 Å². The van der Waals surface area contributed by atoms with Crippen molar-refractivity contribution in [1.82, 2.24) is 19.7 Å². The molecule has 0 spiro atoms. The lowest BCUT2D eigenvalue weighted by atomic mass is 10.1. The molecule has 0 radical (unpaired) electrons. The second-order valence-corrected chi connectivity index (χ2v) is 7.63. The van der Waals surface area contributed by atoms with Gasteiger partial charge in [-0.1, -0.05) is 24.3 Å². The summed E-state index contributed by atoms with van der Waals surface area (Å²) in [7, 11) is 1.77. The van der Waals surface area contributed by atoms with Crippen molar-refractivity contribution in [3.63, 3.8) is 0 Å². The standard InChI is InChI=1S/C22H25N5O2S/c1-14-9-10-17(11-16(14)3)24-20(28)13-27-22(30)26(4)19(25-27)12-23-21(29)18-8-6-5-7-15(18)2/h5-11H,12-13H2,1-4H3,(H,23,29)(H,24,28). The Morgan fingerprint density at radius 2 is 1.77 bits per heavy atom. The third kappa shape index (κ3) is 4.83. The quantitative estimate of drug-likeness (QED) is 0.595. The molecule has 8 heteroatoms. The van der Waals surface area contributed by atoms with E-state index in [4.69, 9.17) is 12.2 Å². The highest BCUT2D eigenvalue weighted by molar-refractivity contribution is 7.71. The van der Waals surface area contributed by atoms with Crippen molar-refractivity contribution in [3.8, 4) is 0 Å². The van der Waals surface area contributed by atoms with Gasteiger partial charge in [0.15, 0.2) is 10.6 Å². The number of rotatable bonds is 6. The van der Waals surface area contributed by atoms with E-state index < -0.39 is 0 Å². The highest BCUT2D eigenvalue weighted by atomic mass is 32.1. The average molecular weight is 424 g/mol. The number of carbonyl (C=O) groups is 2. The summed E-state index contributed by atoms with van der Waals surface area (Å²) < 4.78 is 3.56. The van der Waals surface area contributed by atoms with E-state index in [2.05, 4.69) is 15.7 Å². The first-order chi connectivity index (χ1) is 14.3. The molecule has 0 atom stereocenters. The SMILES string of the molecule is Cc1ccc(NC(=O)Cn2nc(CNC(=O)c3ccccc3C)n(C)c2=S)cc1C. The van der Waals surface area contributed by atoms with Crippen LogP contribution in [-0.2, 0) is 24.9 Å². The topological polar surface area (TPSA) is 81.0 Å². The molecule has 2 aromatic carbocycles. The van der Waals surface area contributed by atoms with Gasteiger partial charge in [0.25, 0.3) is 5.91 Å². The van der Waals surface area contributed by atoms with Crippen LogP contribution in [0.5, 0.6) is 0 Å². The van der Waals surface area contributed by atoms with Crippen molar-refractivity contribution in [2.24, 2.45) is 7.05 Å². The first-order valence-electron chi connectivity index (χ1n) is 9.60. The molecular formula is C22H25N5O2S. The van der Waals surface area contributed by atoms with E-state index in [1.54, 1.807) is 17.7 Å². The molecule has 2 amide bonds. The lowest BCUT2D eigenvalue weighted by Gasteiger charge is -2.07. The predicted molar refractivity (Wildman–Crippen MR) is 119 cm³/mol. The van der Waals surface area contributed by atoms with Crippen molar-refractivity contribution in [1.29, 1.82) is 0 Å². The van der Waals surface area contributed by atoms with Gasteiger partial charge in [0.2, 0.25) is 5.91 Å². The molecule has 0 bridgehead atoms. The third-order valence-electron chi connectivity index (χ3n) is 5.01. The van der Waals surface area contributed by atoms with E-state index in [0.717, 1.165) is 22.4 Å². The van der Waals surface area contributed by atoms with Gasteiger partial charge in [0.1, 0.15) is 6.54 Å². The molecular weight excluding hydrogens is 398 g/mol. The van der Waals surface area contributed by atoms with Crippen LogP contribution in [0.25, 0.3) is 0 Å². The predicted octanol–water partition coefficient (Wildman–Crippen LogP) is 3.45. The zero-order valence-electron chi connectivity index (χ0n) is 17.5. The van der Waals surface area contributed by atoms with Crippen molar-refractivity contribution in [2.75, 3.05) is 5.32 Å². The Morgan fingerprint density at radius 3 is 2.47 bits per heavy atom. The Morgan fingerprint density at radius 1 is 1.03 bits per heavy atom. The summed E-state index contributed by atoms with van der Waals surface area (Å²) in [4.78, 5) is 24.9. The summed E-state index contributed by atoms with van der Waals surface area (Å²) in [5, 5.41) is 10.1. The normalized spacial score (nSPS) is 10.7. The van der Waals surface area contributed by atoms with Crippen LogP contribution < -0.4 is 10.6 Å². The first-order valence-corrected chi connectivity index (χ1v) is 10.0. The van der Waals surface area contributed by atoms with Crippen molar-refractivity contribution in [2.45, 2.75) is 33.9 Å². The van der Waals surface area contributed by atoms with E-state index in [1.165, 1.54) is 4.68 Å². The van der Waals surface area contributed by atoms with Crippen LogP contribution in [0.3, 0.4) is 0 Å². The Bertz CT molecular complexity index is 1160. The molecule has 2 N–H and O–H groups in total. The minimum atomic E-state index is -0.219. The monoisotopic (exact) mass is 423 g/mol. The fraction of sp³-hybridized carbons (Fsp3) is 0.273. The third-order valence-corrected chi connectivity index (χ3v) is 5.50. The summed E-state index contributed by atoms with van der Waals surface area (Å²) in [5.41, 5.74) is 4.52. The Balaban J connectivity index is 1.66. The first kappa shape index (κ1) is 21.4. The maximum absolute atomic E-state index is 12.4. The van der Waals surface area contributed by atoms with Gasteiger partial charge in [0.05, 0.1) is 6.54 Å². The van der Waals surface area contributed by atoms with Crippen molar-refractivity contribution in [3.05, 3.63) is 75.3 Å². The minimum Gasteiger partial charge on any atom is -0.345 e. The molecule has 1 aromatic heterocycles. The molecule has 0 saturated carbocycles. The fourth-order valence-corrected chi connectivity index (χ4v) is 3.24. The molecule has 3 aromatic rings. The zero-order chi connectivity index (χ0) is 21.8. The summed E-state index contributed by atoms with van der Waals surface area (Å²) in [6, 6.07) is 13.1. The lowest BCUT2D eigenvalue weighted by molar-refractivity contribution is -0.116. The van der Waals surface area contributed by atoms with Gasteiger partial charge < -0.3 is 15.2 Å². The molecule has 0 aliphatic carbocycles. The lowest BCUT2D eigenvalue weighted by Crippen LogP contribution is -2.25. The molecule has 0 saturated heterocycles. The number of aromatic nitrogens is 3. The van der Waals surface area contributed by atoms with Gasteiger partial charge in [-0.3, -0.25) is 9.59 Å². The molecule has 1 heterocycles. The van der Waals surface area contributed by atoms with Gasteiger partial charge in [-0.2, -0.15) is 5.10 Å². The molecule has 0 unspecified atom stereocenters. The van der Waals surface area contributed by atoms with Crippen LogP contribution in [0, 0.1) is 25.5 Å². The summed E-state index contributed by atoms with van der Waals surface area (Å²) >= 11 is 5.40. The number of nitrogens with one attached hydrogen (secondary N) is 2. The van der Waals surface area contributed by atoms with Crippen LogP contribution in [0.4, 0.5) is 5.69 Å². The van der Waals surface area contributed by atoms with Crippen LogP contribution in [0.2, 0.25) is 0 Å². The maximum Gasteiger partial charge on any atom is 0.251 e. The number of anilines is 1. The molecule has 0 aliphatic heterocycles. The number of amides is 2.